The SMILES string of the molecule is COc1ccc(COc2cc3c(cc2OCc2ccc(OC)cc2)C(=O)N(CCN2CCCC2)C3)cc1. The maximum absolute atomic E-state index is 13.2. The van der Waals surface area contributed by atoms with E-state index in [4.69, 9.17) is 18.9 Å². The van der Waals surface area contributed by atoms with Gasteiger partial charge in [0.1, 0.15) is 24.7 Å². The van der Waals surface area contributed by atoms with Gasteiger partial charge in [-0.3, -0.25) is 4.79 Å². The summed E-state index contributed by atoms with van der Waals surface area (Å²) in [5.41, 5.74) is 3.70. The molecule has 0 spiro atoms. The lowest BCUT2D eigenvalue weighted by molar-refractivity contribution is 0.0763. The van der Waals surface area contributed by atoms with Gasteiger partial charge in [0.15, 0.2) is 11.5 Å². The van der Waals surface area contributed by atoms with E-state index in [0.717, 1.165) is 54.4 Å². The minimum Gasteiger partial charge on any atom is -0.497 e. The fourth-order valence-electron chi connectivity index (χ4n) is 4.82. The maximum atomic E-state index is 13.2. The summed E-state index contributed by atoms with van der Waals surface area (Å²) in [7, 11) is 3.30. The standard InChI is InChI=1S/C30H34N2O5/c1-34-25-9-5-22(6-10-25)20-36-28-17-24-19-32(16-15-31-13-3-4-14-31)30(33)27(24)18-29(28)37-21-23-7-11-26(35-2)12-8-23/h5-12,17-18H,3-4,13-16,19-21H2,1-2H3. The van der Waals surface area contributed by atoms with Crippen LogP contribution in [-0.2, 0) is 19.8 Å². The number of hydrogen-bond acceptors (Lipinski definition) is 6. The molecule has 0 aliphatic carbocycles. The molecule has 0 radical (unpaired) electrons. The Morgan fingerprint density at radius 1 is 0.730 bits per heavy atom. The fraction of sp³-hybridized carbons (Fsp3) is 0.367. The van der Waals surface area contributed by atoms with Gasteiger partial charge in [0, 0.05) is 25.2 Å². The smallest absolute Gasteiger partial charge is 0.254 e. The summed E-state index contributed by atoms with van der Waals surface area (Å²) in [5.74, 6) is 2.86. The van der Waals surface area contributed by atoms with Crippen molar-refractivity contribution in [1.29, 1.82) is 0 Å². The van der Waals surface area contributed by atoms with E-state index in [1.165, 1.54) is 12.8 Å². The van der Waals surface area contributed by atoms with Crippen molar-refractivity contribution in [3.05, 3.63) is 82.9 Å². The Labute approximate surface area is 218 Å². The first-order valence-corrected chi connectivity index (χ1v) is 12.8. The highest BCUT2D eigenvalue weighted by Crippen LogP contribution is 2.36. The molecule has 0 bridgehead atoms. The molecular formula is C30H34N2O5. The van der Waals surface area contributed by atoms with Crippen molar-refractivity contribution in [1.82, 2.24) is 9.80 Å². The average Bonchev–Trinajstić information content (AvgIpc) is 3.57. The van der Waals surface area contributed by atoms with Crippen molar-refractivity contribution < 1.29 is 23.7 Å². The van der Waals surface area contributed by atoms with Crippen molar-refractivity contribution >= 4 is 5.91 Å². The van der Waals surface area contributed by atoms with Crippen LogP contribution in [0.4, 0.5) is 0 Å². The number of rotatable bonds is 11. The molecule has 0 saturated carbocycles. The molecule has 2 aliphatic heterocycles. The Morgan fingerprint density at radius 3 is 1.81 bits per heavy atom. The summed E-state index contributed by atoms with van der Waals surface area (Å²) in [6.45, 7) is 5.24. The third kappa shape index (κ3) is 6.00. The van der Waals surface area contributed by atoms with E-state index in [1.807, 2.05) is 65.6 Å². The lowest BCUT2D eigenvalue weighted by Gasteiger charge is -2.20. The normalized spacial score (nSPS) is 15.1. The summed E-state index contributed by atoms with van der Waals surface area (Å²) >= 11 is 0. The number of ether oxygens (including phenoxy) is 4. The van der Waals surface area contributed by atoms with Gasteiger partial charge in [-0.25, -0.2) is 0 Å². The molecular weight excluding hydrogens is 468 g/mol. The van der Waals surface area contributed by atoms with Gasteiger partial charge in [0.05, 0.1) is 14.2 Å². The zero-order chi connectivity index (χ0) is 25.6. The van der Waals surface area contributed by atoms with Crippen LogP contribution in [-0.4, -0.2) is 56.1 Å². The molecule has 3 aromatic rings. The molecule has 0 atom stereocenters. The molecule has 7 heteroatoms. The first-order valence-electron chi connectivity index (χ1n) is 12.8. The Kier molecular flexibility index (Phi) is 7.80. The van der Waals surface area contributed by atoms with E-state index >= 15 is 0 Å². The van der Waals surface area contributed by atoms with Crippen molar-refractivity contribution in [3.8, 4) is 23.0 Å². The highest BCUT2D eigenvalue weighted by Gasteiger charge is 2.30. The van der Waals surface area contributed by atoms with Crippen molar-refractivity contribution in [3.63, 3.8) is 0 Å². The Bertz CT molecular complexity index is 1200. The predicted octanol–water partition coefficient (Wildman–Crippen LogP) is 4.91. The van der Waals surface area contributed by atoms with Gasteiger partial charge in [0.25, 0.3) is 5.91 Å². The topological polar surface area (TPSA) is 60.5 Å². The minimum atomic E-state index is 0.0604. The summed E-state index contributed by atoms with van der Waals surface area (Å²) < 4.78 is 22.9. The molecule has 0 aromatic heterocycles. The third-order valence-electron chi connectivity index (χ3n) is 7.04. The van der Waals surface area contributed by atoms with Crippen LogP contribution in [0.2, 0.25) is 0 Å². The molecule has 1 fully saturated rings. The van der Waals surface area contributed by atoms with Crippen molar-refractivity contribution in [2.75, 3.05) is 40.4 Å². The Hall–Kier alpha value is -3.71. The fourth-order valence-corrected chi connectivity index (χ4v) is 4.82. The van der Waals surface area contributed by atoms with Gasteiger partial charge in [0.2, 0.25) is 0 Å². The summed E-state index contributed by atoms with van der Waals surface area (Å²) in [4.78, 5) is 17.6. The number of nitrogens with zero attached hydrogens (tertiary/aromatic N) is 2. The largest absolute Gasteiger partial charge is 0.497 e. The number of hydrogen-bond donors (Lipinski definition) is 0. The third-order valence-corrected chi connectivity index (χ3v) is 7.04. The van der Waals surface area contributed by atoms with Crippen LogP contribution in [0.1, 0.15) is 39.9 Å². The molecule has 37 heavy (non-hydrogen) atoms. The van der Waals surface area contributed by atoms with Crippen LogP contribution >= 0.6 is 0 Å². The number of benzene rings is 3. The highest BCUT2D eigenvalue weighted by molar-refractivity contribution is 5.99. The molecule has 2 aliphatic rings. The second kappa shape index (κ2) is 11.6. The number of methoxy groups -OCH3 is 2. The van der Waals surface area contributed by atoms with Gasteiger partial charge in [-0.1, -0.05) is 24.3 Å². The van der Waals surface area contributed by atoms with Crippen LogP contribution < -0.4 is 18.9 Å². The Morgan fingerprint density at radius 2 is 1.27 bits per heavy atom. The number of amides is 1. The monoisotopic (exact) mass is 502 g/mol. The van der Waals surface area contributed by atoms with E-state index in [1.54, 1.807) is 14.2 Å². The molecule has 0 N–H and O–H groups in total. The summed E-state index contributed by atoms with van der Waals surface area (Å²) in [6, 6.07) is 19.4. The van der Waals surface area contributed by atoms with Gasteiger partial charge >= 0.3 is 0 Å². The van der Waals surface area contributed by atoms with Crippen LogP contribution in [0, 0.1) is 0 Å². The Balaban J connectivity index is 1.33. The zero-order valence-corrected chi connectivity index (χ0v) is 21.6. The second-order valence-corrected chi connectivity index (χ2v) is 9.51. The molecule has 1 amide bonds. The molecule has 3 aromatic carbocycles. The predicted molar refractivity (Wildman–Crippen MR) is 142 cm³/mol. The number of carbonyl (C=O) groups excluding carboxylic acids is 1. The van der Waals surface area contributed by atoms with E-state index in [9.17, 15) is 4.79 Å². The first-order chi connectivity index (χ1) is 18.1. The number of carbonyl (C=O) groups is 1. The van der Waals surface area contributed by atoms with Gasteiger partial charge in [-0.2, -0.15) is 0 Å². The van der Waals surface area contributed by atoms with E-state index in [-0.39, 0.29) is 5.91 Å². The first kappa shape index (κ1) is 25.0. The number of likely N-dealkylation sites (tertiary alicyclic amines) is 1. The van der Waals surface area contributed by atoms with Crippen LogP contribution in [0.25, 0.3) is 0 Å². The van der Waals surface area contributed by atoms with Crippen molar-refractivity contribution in [2.45, 2.75) is 32.6 Å². The lowest BCUT2D eigenvalue weighted by Crippen LogP contribution is -2.33. The number of fused-ring (bicyclic) bond motifs is 1. The van der Waals surface area contributed by atoms with E-state index < -0.39 is 0 Å². The molecule has 194 valence electrons. The van der Waals surface area contributed by atoms with Gasteiger partial charge in [-0.05, 0) is 79.0 Å². The van der Waals surface area contributed by atoms with Crippen molar-refractivity contribution in [2.24, 2.45) is 0 Å². The summed E-state index contributed by atoms with van der Waals surface area (Å²) in [6.07, 6.45) is 2.50. The summed E-state index contributed by atoms with van der Waals surface area (Å²) in [5, 5.41) is 0. The minimum absolute atomic E-state index is 0.0604. The van der Waals surface area contributed by atoms with Crippen LogP contribution in [0.5, 0.6) is 23.0 Å². The maximum Gasteiger partial charge on any atom is 0.254 e. The molecule has 2 heterocycles. The molecule has 0 unspecified atom stereocenters. The second-order valence-electron chi connectivity index (χ2n) is 9.51. The van der Waals surface area contributed by atoms with E-state index in [0.29, 0.717) is 36.8 Å². The molecule has 1 saturated heterocycles. The average molecular weight is 503 g/mol. The van der Waals surface area contributed by atoms with Crippen LogP contribution in [0.15, 0.2) is 60.7 Å². The highest BCUT2D eigenvalue weighted by atomic mass is 16.5. The van der Waals surface area contributed by atoms with Gasteiger partial charge < -0.3 is 28.7 Å². The molecule has 7 nitrogen and oxygen atoms in total. The van der Waals surface area contributed by atoms with E-state index in [2.05, 4.69) is 4.90 Å². The molecule has 5 rings (SSSR count). The quantitative estimate of drug-likeness (QED) is 0.371. The zero-order valence-electron chi connectivity index (χ0n) is 21.6. The van der Waals surface area contributed by atoms with Gasteiger partial charge in [-0.15, -0.1) is 0 Å². The lowest BCUT2D eigenvalue weighted by atomic mass is 10.1. The van der Waals surface area contributed by atoms with Crippen LogP contribution in [0.3, 0.4) is 0 Å².